The summed E-state index contributed by atoms with van der Waals surface area (Å²) < 4.78 is 33.5. The molecule has 0 radical (unpaired) electrons. The standard InChI is InChI=1S/C20H16F2N4O2/c1-11-13-7-3-6-10-16(13)28-17(11)19(27)25-24-12(2)18-23-14-8-4-5-9-15(14)26(18)20(21)22/h3-10,20H,1-2H3,(H,25,27). The van der Waals surface area contributed by atoms with Crippen LogP contribution in [0.25, 0.3) is 22.0 Å². The molecule has 0 saturated carbocycles. The molecule has 0 fully saturated rings. The summed E-state index contributed by atoms with van der Waals surface area (Å²) in [6.45, 7) is 0.486. The number of nitrogens with one attached hydrogen (secondary N) is 1. The molecule has 0 aliphatic heterocycles. The third kappa shape index (κ3) is 2.92. The summed E-state index contributed by atoms with van der Waals surface area (Å²) >= 11 is 0. The van der Waals surface area contributed by atoms with Crippen molar-refractivity contribution in [2.75, 3.05) is 0 Å². The summed E-state index contributed by atoms with van der Waals surface area (Å²) in [5.74, 6) is -0.453. The zero-order valence-electron chi connectivity index (χ0n) is 15.1. The lowest BCUT2D eigenvalue weighted by Gasteiger charge is -2.07. The molecule has 0 bridgehead atoms. The molecule has 0 unspecified atom stereocenters. The van der Waals surface area contributed by atoms with E-state index >= 15 is 0 Å². The van der Waals surface area contributed by atoms with Crippen molar-refractivity contribution < 1.29 is 18.0 Å². The van der Waals surface area contributed by atoms with Crippen molar-refractivity contribution in [2.45, 2.75) is 20.4 Å². The van der Waals surface area contributed by atoms with E-state index < -0.39 is 12.5 Å². The summed E-state index contributed by atoms with van der Waals surface area (Å²) in [4.78, 5) is 16.7. The number of rotatable bonds is 4. The fraction of sp³-hybridized carbons (Fsp3) is 0.150. The van der Waals surface area contributed by atoms with Crippen LogP contribution in [-0.4, -0.2) is 21.2 Å². The normalized spacial score (nSPS) is 12.2. The highest BCUT2D eigenvalue weighted by Crippen LogP contribution is 2.25. The Morgan fingerprint density at radius 3 is 2.64 bits per heavy atom. The van der Waals surface area contributed by atoms with Crippen LogP contribution >= 0.6 is 0 Å². The number of para-hydroxylation sites is 3. The molecule has 0 aliphatic rings. The molecule has 142 valence electrons. The second kappa shape index (κ2) is 6.88. The Balaban J connectivity index is 1.66. The predicted octanol–water partition coefficient (Wildman–Crippen LogP) is 4.64. The summed E-state index contributed by atoms with van der Waals surface area (Å²) in [6, 6.07) is 13.8. The molecule has 0 atom stereocenters. The number of aryl methyl sites for hydroxylation is 1. The monoisotopic (exact) mass is 382 g/mol. The number of halogens is 2. The van der Waals surface area contributed by atoms with Crippen LogP contribution in [-0.2, 0) is 0 Å². The lowest BCUT2D eigenvalue weighted by molar-refractivity contribution is 0.0740. The van der Waals surface area contributed by atoms with Crippen LogP contribution in [0, 0.1) is 6.92 Å². The minimum absolute atomic E-state index is 0.0159. The molecule has 2 aromatic carbocycles. The molecule has 0 aliphatic carbocycles. The fourth-order valence-corrected chi connectivity index (χ4v) is 3.12. The van der Waals surface area contributed by atoms with Gasteiger partial charge < -0.3 is 4.42 Å². The first-order valence-corrected chi connectivity index (χ1v) is 8.55. The summed E-state index contributed by atoms with van der Waals surface area (Å²) in [7, 11) is 0. The second-order valence-electron chi connectivity index (χ2n) is 6.26. The van der Waals surface area contributed by atoms with Crippen molar-refractivity contribution in [2.24, 2.45) is 5.10 Å². The third-order valence-electron chi connectivity index (χ3n) is 4.49. The molecular weight excluding hydrogens is 366 g/mol. The Bertz CT molecular complexity index is 1220. The molecular formula is C20H16F2N4O2. The first kappa shape index (κ1) is 17.8. The maximum atomic E-state index is 13.6. The number of alkyl halides is 2. The van der Waals surface area contributed by atoms with Gasteiger partial charge in [0.2, 0.25) is 0 Å². The first-order valence-electron chi connectivity index (χ1n) is 8.55. The molecule has 0 saturated heterocycles. The highest BCUT2D eigenvalue weighted by molar-refractivity contribution is 6.02. The zero-order valence-corrected chi connectivity index (χ0v) is 15.1. The van der Waals surface area contributed by atoms with Crippen LogP contribution < -0.4 is 5.43 Å². The topological polar surface area (TPSA) is 72.4 Å². The number of hydrogen-bond acceptors (Lipinski definition) is 4. The van der Waals surface area contributed by atoms with E-state index in [9.17, 15) is 13.6 Å². The van der Waals surface area contributed by atoms with Crippen LogP contribution in [0.4, 0.5) is 8.78 Å². The second-order valence-corrected chi connectivity index (χ2v) is 6.26. The molecule has 2 aromatic heterocycles. The van der Waals surface area contributed by atoms with Crippen LogP contribution in [0.15, 0.2) is 58.0 Å². The van der Waals surface area contributed by atoms with Crippen LogP contribution in [0.3, 0.4) is 0 Å². The largest absolute Gasteiger partial charge is 0.451 e. The first-order chi connectivity index (χ1) is 13.5. The SMILES string of the molecule is CC(=NNC(=O)c1oc2ccccc2c1C)c1nc2ccccc2n1C(F)F. The maximum absolute atomic E-state index is 13.6. The number of carbonyl (C=O) groups excluding carboxylic acids is 1. The van der Waals surface area contributed by atoms with Crippen molar-refractivity contribution in [1.82, 2.24) is 15.0 Å². The summed E-state index contributed by atoms with van der Waals surface area (Å²) in [6.07, 6.45) is 0. The highest BCUT2D eigenvalue weighted by atomic mass is 19.3. The number of benzene rings is 2. The smallest absolute Gasteiger partial charge is 0.320 e. The highest BCUT2D eigenvalue weighted by Gasteiger charge is 2.21. The van der Waals surface area contributed by atoms with E-state index in [1.54, 1.807) is 37.3 Å². The van der Waals surface area contributed by atoms with Crippen LogP contribution in [0.1, 0.15) is 35.4 Å². The van der Waals surface area contributed by atoms with E-state index in [1.165, 1.54) is 6.92 Å². The number of carbonyl (C=O) groups is 1. The van der Waals surface area contributed by atoms with Gasteiger partial charge in [-0.25, -0.2) is 10.4 Å². The van der Waals surface area contributed by atoms with Gasteiger partial charge in [-0.05, 0) is 32.0 Å². The maximum Gasteiger partial charge on any atom is 0.320 e. The van der Waals surface area contributed by atoms with Crippen molar-refractivity contribution in [3.05, 3.63) is 65.7 Å². The molecule has 1 N–H and O–H groups in total. The number of amides is 1. The molecule has 8 heteroatoms. The minimum atomic E-state index is -2.79. The minimum Gasteiger partial charge on any atom is -0.451 e. The van der Waals surface area contributed by atoms with E-state index in [0.29, 0.717) is 22.2 Å². The summed E-state index contributed by atoms with van der Waals surface area (Å²) in [5.41, 5.74) is 4.50. The Kier molecular flexibility index (Phi) is 4.38. The Morgan fingerprint density at radius 2 is 1.89 bits per heavy atom. The van der Waals surface area contributed by atoms with E-state index in [0.717, 1.165) is 9.95 Å². The van der Waals surface area contributed by atoms with Gasteiger partial charge in [0.05, 0.1) is 11.0 Å². The van der Waals surface area contributed by atoms with E-state index in [4.69, 9.17) is 4.42 Å². The Labute approximate surface area is 158 Å². The van der Waals surface area contributed by atoms with Crippen LogP contribution in [0.2, 0.25) is 0 Å². The lowest BCUT2D eigenvalue weighted by atomic mass is 10.1. The van der Waals surface area contributed by atoms with Crippen molar-refractivity contribution in [3.8, 4) is 0 Å². The Morgan fingerprint density at radius 1 is 1.18 bits per heavy atom. The molecule has 0 spiro atoms. The fourth-order valence-electron chi connectivity index (χ4n) is 3.12. The molecule has 4 rings (SSSR count). The van der Waals surface area contributed by atoms with E-state index in [2.05, 4.69) is 15.5 Å². The molecule has 2 heterocycles. The zero-order chi connectivity index (χ0) is 19.8. The van der Waals surface area contributed by atoms with E-state index in [1.807, 2.05) is 18.2 Å². The van der Waals surface area contributed by atoms with Gasteiger partial charge in [-0.2, -0.15) is 13.9 Å². The van der Waals surface area contributed by atoms with Gasteiger partial charge in [0.15, 0.2) is 11.6 Å². The van der Waals surface area contributed by atoms with Gasteiger partial charge in [0.25, 0.3) is 0 Å². The average molecular weight is 382 g/mol. The van der Waals surface area contributed by atoms with Gasteiger partial charge in [-0.3, -0.25) is 9.36 Å². The molecule has 28 heavy (non-hydrogen) atoms. The van der Waals surface area contributed by atoms with Gasteiger partial charge in [0.1, 0.15) is 11.3 Å². The lowest BCUT2D eigenvalue weighted by Crippen LogP contribution is -2.21. The average Bonchev–Trinajstić information content (AvgIpc) is 3.24. The Hall–Kier alpha value is -3.55. The number of aromatic nitrogens is 2. The van der Waals surface area contributed by atoms with Gasteiger partial charge in [0, 0.05) is 10.9 Å². The summed E-state index contributed by atoms with van der Waals surface area (Å²) in [5, 5.41) is 4.79. The number of hydrogen-bond donors (Lipinski definition) is 1. The van der Waals surface area contributed by atoms with Gasteiger partial charge >= 0.3 is 12.5 Å². The third-order valence-corrected chi connectivity index (χ3v) is 4.49. The number of fused-ring (bicyclic) bond motifs is 2. The van der Waals surface area contributed by atoms with Crippen molar-refractivity contribution in [3.63, 3.8) is 0 Å². The van der Waals surface area contributed by atoms with Crippen LogP contribution in [0.5, 0.6) is 0 Å². The number of hydrazone groups is 1. The van der Waals surface area contributed by atoms with Crippen molar-refractivity contribution >= 4 is 33.6 Å². The number of nitrogens with zero attached hydrogens (tertiary/aromatic N) is 3. The molecule has 4 aromatic rings. The van der Waals surface area contributed by atoms with E-state index in [-0.39, 0.29) is 17.3 Å². The number of furan rings is 1. The molecule has 6 nitrogen and oxygen atoms in total. The molecule has 1 amide bonds. The van der Waals surface area contributed by atoms with Gasteiger partial charge in [-0.1, -0.05) is 30.3 Å². The van der Waals surface area contributed by atoms with Crippen molar-refractivity contribution in [1.29, 1.82) is 0 Å². The number of imidazole rings is 1. The predicted molar refractivity (Wildman–Crippen MR) is 102 cm³/mol. The quantitative estimate of drug-likeness (QED) is 0.413. The van der Waals surface area contributed by atoms with Gasteiger partial charge in [-0.15, -0.1) is 0 Å².